The Hall–Kier alpha value is -1.23. The third kappa shape index (κ3) is 4.65. The average Bonchev–Trinajstić information content (AvgIpc) is 2.14. The molecule has 0 atom stereocenters. The van der Waals surface area contributed by atoms with Crippen LogP contribution < -0.4 is 4.74 Å². The van der Waals surface area contributed by atoms with Crippen molar-refractivity contribution in [1.82, 2.24) is 0 Å². The van der Waals surface area contributed by atoms with Crippen molar-refractivity contribution in [2.24, 2.45) is 0 Å². The molecule has 0 aliphatic heterocycles. The van der Waals surface area contributed by atoms with Gasteiger partial charge >= 0.3 is 6.18 Å². The summed E-state index contributed by atoms with van der Waals surface area (Å²) in [5, 5.41) is 0.348. The molecule has 0 bridgehead atoms. The molecule has 2 nitrogen and oxygen atoms in total. The number of rotatable bonds is 4. The first-order valence-electron chi connectivity index (χ1n) is 4.72. The molecule has 0 radical (unpaired) electrons. The van der Waals surface area contributed by atoms with E-state index >= 15 is 0 Å². The van der Waals surface area contributed by atoms with E-state index in [2.05, 4.69) is 0 Å². The molecule has 0 fully saturated rings. The van der Waals surface area contributed by atoms with Gasteiger partial charge in [0.15, 0.2) is 0 Å². The lowest BCUT2D eigenvalue weighted by atomic mass is 10.1. The third-order valence-corrected chi connectivity index (χ3v) is 2.26. The summed E-state index contributed by atoms with van der Waals surface area (Å²) in [7, 11) is 1.38. The minimum Gasteiger partial charge on any atom is -0.496 e. The Morgan fingerprint density at radius 1 is 1.41 bits per heavy atom. The predicted octanol–water partition coefficient (Wildman–Crippen LogP) is 3.41. The monoisotopic (exact) mass is 266 g/mol. The van der Waals surface area contributed by atoms with E-state index in [4.69, 9.17) is 16.3 Å². The van der Waals surface area contributed by atoms with Gasteiger partial charge in [-0.05, 0) is 18.2 Å². The van der Waals surface area contributed by atoms with Crippen LogP contribution in [0.25, 0.3) is 0 Å². The molecule has 17 heavy (non-hydrogen) atoms. The van der Waals surface area contributed by atoms with Gasteiger partial charge in [-0.1, -0.05) is 11.6 Å². The van der Waals surface area contributed by atoms with Gasteiger partial charge in [-0.2, -0.15) is 13.2 Å². The van der Waals surface area contributed by atoms with Crippen LogP contribution in [0.15, 0.2) is 18.2 Å². The molecule has 0 saturated heterocycles. The van der Waals surface area contributed by atoms with E-state index in [1.54, 1.807) is 0 Å². The number of carbonyl (C=O) groups excluding carboxylic acids is 1. The second kappa shape index (κ2) is 5.40. The molecular formula is C11H10ClF3O2. The summed E-state index contributed by atoms with van der Waals surface area (Å²) in [4.78, 5) is 11.2. The van der Waals surface area contributed by atoms with E-state index in [0.717, 1.165) is 0 Å². The van der Waals surface area contributed by atoms with E-state index in [-0.39, 0.29) is 6.42 Å². The highest BCUT2D eigenvalue weighted by Gasteiger charge is 2.31. The normalized spacial score (nSPS) is 11.4. The summed E-state index contributed by atoms with van der Waals surface area (Å²) in [6.07, 6.45) is -6.27. The summed E-state index contributed by atoms with van der Waals surface area (Å²) in [6.45, 7) is 0. The number of methoxy groups -OCH3 is 1. The molecule has 0 aromatic heterocycles. The van der Waals surface area contributed by atoms with E-state index in [9.17, 15) is 18.0 Å². The van der Waals surface area contributed by atoms with Crippen LogP contribution in [0.4, 0.5) is 13.2 Å². The predicted molar refractivity (Wildman–Crippen MR) is 57.4 cm³/mol. The Kier molecular flexibility index (Phi) is 4.40. The van der Waals surface area contributed by atoms with Gasteiger partial charge in [0.2, 0.25) is 0 Å². The smallest absolute Gasteiger partial charge is 0.395 e. The topological polar surface area (TPSA) is 26.3 Å². The van der Waals surface area contributed by atoms with Crippen LogP contribution in [0.5, 0.6) is 5.75 Å². The standard InChI is InChI=1S/C11H10ClF3O2/c1-17-10-3-2-8(12)4-7(10)5-9(16)6-11(13,14)15/h2-4H,5-6H2,1H3. The van der Waals surface area contributed by atoms with Crippen molar-refractivity contribution < 1.29 is 22.7 Å². The Bertz CT molecular complexity index is 416. The highest BCUT2D eigenvalue weighted by Crippen LogP contribution is 2.26. The number of halogens is 4. The molecule has 0 spiro atoms. The van der Waals surface area contributed by atoms with Crippen molar-refractivity contribution in [3.8, 4) is 5.75 Å². The van der Waals surface area contributed by atoms with Crippen molar-refractivity contribution in [3.05, 3.63) is 28.8 Å². The maximum absolute atomic E-state index is 12.0. The van der Waals surface area contributed by atoms with Crippen LogP contribution in [0, 0.1) is 0 Å². The zero-order valence-corrected chi connectivity index (χ0v) is 9.73. The Balaban J connectivity index is 2.80. The van der Waals surface area contributed by atoms with Gasteiger partial charge in [0.25, 0.3) is 0 Å². The molecule has 0 unspecified atom stereocenters. The zero-order valence-electron chi connectivity index (χ0n) is 8.97. The van der Waals surface area contributed by atoms with E-state index < -0.39 is 18.4 Å². The first kappa shape index (κ1) is 13.8. The van der Waals surface area contributed by atoms with Crippen molar-refractivity contribution in [1.29, 1.82) is 0 Å². The maximum atomic E-state index is 12.0. The van der Waals surface area contributed by atoms with Gasteiger partial charge in [0, 0.05) is 17.0 Å². The number of carbonyl (C=O) groups is 1. The zero-order chi connectivity index (χ0) is 13.1. The van der Waals surface area contributed by atoms with E-state index in [0.29, 0.717) is 16.3 Å². The van der Waals surface area contributed by atoms with Gasteiger partial charge < -0.3 is 4.74 Å². The number of hydrogen-bond donors (Lipinski definition) is 0. The van der Waals surface area contributed by atoms with Crippen LogP contribution in [-0.4, -0.2) is 19.1 Å². The molecule has 0 aliphatic carbocycles. The van der Waals surface area contributed by atoms with Crippen molar-refractivity contribution in [3.63, 3.8) is 0 Å². The summed E-state index contributed by atoms with van der Waals surface area (Å²) >= 11 is 5.70. The van der Waals surface area contributed by atoms with E-state index in [1.165, 1.54) is 25.3 Å². The molecule has 0 aliphatic rings. The van der Waals surface area contributed by atoms with Gasteiger partial charge in [-0.25, -0.2) is 0 Å². The Labute approximate surface area is 101 Å². The van der Waals surface area contributed by atoms with Crippen LogP contribution in [0.3, 0.4) is 0 Å². The molecule has 0 N–H and O–H groups in total. The summed E-state index contributed by atoms with van der Waals surface area (Å²) in [5.41, 5.74) is 0.356. The number of ether oxygens (including phenoxy) is 1. The van der Waals surface area contributed by atoms with Crippen LogP contribution >= 0.6 is 11.6 Å². The number of Topliss-reactive ketones (excluding diaryl/α,β-unsaturated/α-hetero) is 1. The lowest BCUT2D eigenvalue weighted by Gasteiger charge is -2.09. The minimum absolute atomic E-state index is 0.344. The van der Waals surface area contributed by atoms with Crippen molar-refractivity contribution >= 4 is 17.4 Å². The first-order valence-corrected chi connectivity index (χ1v) is 5.10. The lowest BCUT2D eigenvalue weighted by Crippen LogP contribution is -2.16. The fourth-order valence-electron chi connectivity index (χ4n) is 1.38. The number of benzene rings is 1. The Morgan fingerprint density at radius 3 is 2.59 bits per heavy atom. The summed E-state index contributed by atoms with van der Waals surface area (Å²) < 4.78 is 40.9. The van der Waals surface area contributed by atoms with Crippen LogP contribution in [0.1, 0.15) is 12.0 Å². The second-order valence-corrected chi connectivity index (χ2v) is 3.90. The Morgan fingerprint density at radius 2 is 2.06 bits per heavy atom. The molecular weight excluding hydrogens is 257 g/mol. The fourth-order valence-corrected chi connectivity index (χ4v) is 1.58. The SMILES string of the molecule is COc1ccc(Cl)cc1CC(=O)CC(F)(F)F. The second-order valence-electron chi connectivity index (χ2n) is 3.46. The highest BCUT2D eigenvalue weighted by molar-refractivity contribution is 6.30. The quantitative estimate of drug-likeness (QED) is 0.835. The van der Waals surface area contributed by atoms with E-state index in [1.807, 2.05) is 0 Å². The van der Waals surface area contributed by atoms with Gasteiger partial charge in [0.1, 0.15) is 18.0 Å². The molecule has 1 rings (SSSR count). The summed E-state index contributed by atoms with van der Waals surface area (Å²) in [5.74, 6) is -0.567. The molecule has 0 heterocycles. The average molecular weight is 267 g/mol. The summed E-state index contributed by atoms with van der Waals surface area (Å²) in [6, 6.07) is 4.48. The van der Waals surface area contributed by atoms with Crippen LogP contribution in [-0.2, 0) is 11.2 Å². The first-order chi connectivity index (χ1) is 7.81. The number of ketones is 1. The van der Waals surface area contributed by atoms with Crippen molar-refractivity contribution in [2.75, 3.05) is 7.11 Å². The molecule has 1 aromatic rings. The van der Waals surface area contributed by atoms with Gasteiger partial charge in [-0.3, -0.25) is 4.79 Å². The maximum Gasteiger partial charge on any atom is 0.395 e. The highest BCUT2D eigenvalue weighted by atomic mass is 35.5. The third-order valence-electron chi connectivity index (χ3n) is 2.03. The molecule has 94 valence electrons. The van der Waals surface area contributed by atoms with Crippen molar-refractivity contribution in [2.45, 2.75) is 19.0 Å². The molecule has 0 saturated carbocycles. The lowest BCUT2D eigenvalue weighted by molar-refractivity contribution is -0.151. The number of alkyl halides is 3. The largest absolute Gasteiger partial charge is 0.496 e. The molecule has 6 heteroatoms. The van der Waals surface area contributed by atoms with Crippen LogP contribution in [0.2, 0.25) is 5.02 Å². The molecule has 1 aromatic carbocycles. The molecule has 0 amide bonds. The van der Waals surface area contributed by atoms with Gasteiger partial charge in [-0.15, -0.1) is 0 Å². The van der Waals surface area contributed by atoms with Gasteiger partial charge in [0.05, 0.1) is 7.11 Å². The number of hydrogen-bond acceptors (Lipinski definition) is 2. The fraction of sp³-hybridized carbons (Fsp3) is 0.364. The minimum atomic E-state index is -4.48.